The molecule has 0 radical (unpaired) electrons. The van der Waals surface area contributed by atoms with Gasteiger partial charge in [-0.25, -0.2) is 0 Å². The molecular formula is C68H122. The molecule has 19 aliphatic rings. The van der Waals surface area contributed by atoms with Crippen LogP contribution in [-0.2, 0) is 0 Å². The van der Waals surface area contributed by atoms with Crippen LogP contribution in [0.4, 0.5) is 0 Å². The lowest BCUT2D eigenvalue weighted by molar-refractivity contribution is -0.217. The normalized spacial score (nSPS) is 49.6. The Morgan fingerprint density at radius 1 is 0.235 bits per heavy atom. The average Bonchev–Trinajstić information content (AvgIpc) is 4.03. The zero-order valence-corrected chi connectivity index (χ0v) is 49.8. The third kappa shape index (κ3) is 10.00. The van der Waals surface area contributed by atoms with Gasteiger partial charge >= 0.3 is 0 Å². The summed E-state index contributed by atoms with van der Waals surface area (Å²) < 4.78 is 0. The first-order chi connectivity index (χ1) is 31.4. The van der Waals surface area contributed by atoms with Gasteiger partial charge in [0.25, 0.3) is 0 Å². The molecule has 19 saturated carbocycles. The lowest BCUT2D eigenvalue weighted by atomic mass is 9.33. The highest BCUT2D eigenvalue weighted by Crippen LogP contribution is 2.76. The van der Waals surface area contributed by atoms with Crippen LogP contribution in [0.3, 0.4) is 0 Å². The molecule has 394 valence electrons. The zero-order chi connectivity index (χ0) is 49.8. The van der Waals surface area contributed by atoms with E-state index in [1.807, 2.05) is 0 Å². The Morgan fingerprint density at radius 2 is 0.559 bits per heavy atom. The number of rotatable bonds is 7. The summed E-state index contributed by atoms with van der Waals surface area (Å²) in [6.45, 7) is 43.4. The predicted molar refractivity (Wildman–Crippen MR) is 298 cm³/mol. The largest absolute Gasteiger partial charge is 0.0622 e. The first-order valence-electron chi connectivity index (χ1n) is 31.4. The van der Waals surface area contributed by atoms with Crippen LogP contribution in [0.2, 0.25) is 0 Å². The Kier molecular flexibility index (Phi) is 14.9. The molecule has 14 bridgehead atoms. The Labute approximate surface area is 427 Å². The van der Waals surface area contributed by atoms with E-state index in [2.05, 4.69) is 125 Å². The molecule has 0 amide bonds. The van der Waals surface area contributed by atoms with Gasteiger partial charge in [-0.1, -0.05) is 131 Å². The number of fused-ring (bicyclic) bond motifs is 8. The fourth-order valence-electron chi connectivity index (χ4n) is 21.2. The molecule has 0 aliphatic heterocycles. The van der Waals surface area contributed by atoms with Crippen LogP contribution in [0.5, 0.6) is 0 Å². The van der Waals surface area contributed by atoms with Crippen molar-refractivity contribution in [3.8, 4) is 0 Å². The molecular weight excluding hydrogens is 817 g/mol. The minimum absolute atomic E-state index is 0.754. The minimum atomic E-state index is 0.754. The minimum Gasteiger partial charge on any atom is -0.0622 e. The van der Waals surface area contributed by atoms with Crippen LogP contribution in [0.15, 0.2) is 0 Å². The molecule has 19 rings (SSSR count). The third-order valence-corrected chi connectivity index (χ3v) is 27.3. The van der Waals surface area contributed by atoms with E-state index < -0.39 is 0 Å². The second kappa shape index (κ2) is 18.7. The van der Waals surface area contributed by atoms with E-state index in [0.29, 0.717) is 0 Å². The van der Waals surface area contributed by atoms with Crippen molar-refractivity contribution in [3.05, 3.63) is 0 Å². The van der Waals surface area contributed by atoms with Crippen molar-refractivity contribution in [1.29, 1.82) is 0 Å². The van der Waals surface area contributed by atoms with Gasteiger partial charge in [-0.15, -0.1) is 0 Å². The van der Waals surface area contributed by atoms with Crippen LogP contribution < -0.4 is 0 Å². The van der Waals surface area contributed by atoms with Crippen LogP contribution >= 0.6 is 0 Å². The van der Waals surface area contributed by atoms with Gasteiger partial charge in [0, 0.05) is 0 Å². The van der Waals surface area contributed by atoms with Crippen LogP contribution in [-0.4, -0.2) is 0 Å². The summed E-state index contributed by atoms with van der Waals surface area (Å²) in [4.78, 5) is 0. The molecule has 0 unspecified atom stereocenters. The van der Waals surface area contributed by atoms with Crippen LogP contribution in [0.25, 0.3) is 0 Å². The van der Waals surface area contributed by atoms with Gasteiger partial charge in [0.05, 0.1) is 0 Å². The molecule has 0 heterocycles. The fraction of sp³-hybridized carbons (Fsp3) is 1.00. The lowest BCUT2D eigenvalue weighted by Crippen LogP contribution is -2.62. The zero-order valence-electron chi connectivity index (χ0n) is 49.8. The van der Waals surface area contributed by atoms with Gasteiger partial charge in [0.15, 0.2) is 0 Å². The molecule has 68 heavy (non-hydrogen) atoms. The van der Waals surface area contributed by atoms with Gasteiger partial charge in [0.2, 0.25) is 0 Å². The molecule has 19 aliphatic carbocycles. The SMILES string of the molecule is CC(C)C12CC(C)(C1)C2.CC(C)C12CC(C1)C2.CC(C)C12CCC(C)(C1)C2.CC(C)C12CCC(C)(CC1)C2.CC(C)C12CCC(C1)C2.CC(C)C12CCC(CC1)C2.CC(C)C12CCCC(C)(C1)C2. The van der Waals surface area contributed by atoms with E-state index in [0.717, 1.165) is 119 Å². The van der Waals surface area contributed by atoms with E-state index in [-0.39, 0.29) is 0 Å². The summed E-state index contributed by atoms with van der Waals surface area (Å²) in [6.07, 6.45) is 44.4. The van der Waals surface area contributed by atoms with Crippen molar-refractivity contribution in [1.82, 2.24) is 0 Å². The molecule has 0 N–H and O–H groups in total. The Morgan fingerprint density at radius 3 is 0.750 bits per heavy atom. The third-order valence-electron chi connectivity index (χ3n) is 27.3. The first-order valence-corrected chi connectivity index (χ1v) is 31.4. The summed E-state index contributed by atoms with van der Waals surface area (Å²) >= 11 is 0. The Hall–Kier alpha value is 0. The molecule has 0 aromatic rings. The van der Waals surface area contributed by atoms with E-state index >= 15 is 0 Å². The summed E-state index contributed by atoms with van der Waals surface area (Å²) in [6, 6.07) is 0. The van der Waals surface area contributed by atoms with Crippen molar-refractivity contribution in [2.45, 2.75) is 311 Å². The van der Waals surface area contributed by atoms with Crippen LogP contribution in [0, 0.1) is 119 Å². The smallest absolute Gasteiger partial charge is 0.0259 e. The maximum atomic E-state index is 2.49. The molecule has 0 heteroatoms. The van der Waals surface area contributed by atoms with E-state index in [9.17, 15) is 0 Å². The van der Waals surface area contributed by atoms with Gasteiger partial charge in [0.1, 0.15) is 0 Å². The summed E-state index contributed by atoms with van der Waals surface area (Å²) in [5, 5.41) is 0. The maximum Gasteiger partial charge on any atom is -0.0259 e. The molecule has 19 fully saturated rings. The van der Waals surface area contributed by atoms with Crippen molar-refractivity contribution in [2.24, 2.45) is 119 Å². The highest BCUT2D eigenvalue weighted by Gasteiger charge is 2.66. The maximum absolute atomic E-state index is 2.49. The van der Waals surface area contributed by atoms with E-state index in [1.165, 1.54) is 148 Å². The molecule has 0 saturated heterocycles. The van der Waals surface area contributed by atoms with Gasteiger partial charge < -0.3 is 0 Å². The molecule has 0 nitrogen and oxygen atoms in total. The summed E-state index contributed by atoms with van der Waals surface area (Å²) in [5.74, 6) is 10.0. The average molecular weight is 940 g/mol. The first kappa shape index (κ1) is 54.3. The Balaban J connectivity index is 0.000000107. The van der Waals surface area contributed by atoms with Crippen molar-refractivity contribution >= 4 is 0 Å². The van der Waals surface area contributed by atoms with Gasteiger partial charge in [-0.3, -0.25) is 0 Å². The second-order valence-electron chi connectivity index (χ2n) is 34.1. The lowest BCUT2D eigenvalue weighted by Gasteiger charge is -2.72. The molecule has 0 spiro atoms. The molecule has 0 aromatic heterocycles. The molecule has 0 aromatic carbocycles. The fourth-order valence-corrected chi connectivity index (χ4v) is 21.2. The summed E-state index contributed by atoms with van der Waals surface area (Å²) in [7, 11) is 0. The van der Waals surface area contributed by atoms with Crippen molar-refractivity contribution in [3.63, 3.8) is 0 Å². The van der Waals surface area contributed by atoms with E-state index in [1.54, 1.807) is 38.5 Å². The standard InChI is InChI=1S/2C11H20.2C10H18.2C9H16.C8H14/c1-9(2)11-6-4-10(3,8-11)5-7-11;1-9(2)11-6-4-5-10(3,7-11)8-11;1-8(2)10-5-4-9(3,6-10)7-10;1-8(2)10-5-3-9(7-10)4-6-10;1-7(2)9-4-8(3,5-9)6-9;1-7(2)9-4-3-8(5-9)6-9;1-6(2)8-3-7(4-8)5-8/h2*9H,4-8H2,1-3H3;8H,4-7H2,1-3H3;8-9H,3-7H2,1-2H3;7H,4-6H2,1-3H3;7-8H,3-6H2,1-2H3;6-7H,3-5H2,1-2H3. The summed E-state index contributed by atoms with van der Waals surface area (Å²) in [5.41, 5.74) is 8.81. The predicted octanol–water partition coefficient (Wildman–Crippen LogP) is 21.8. The van der Waals surface area contributed by atoms with Crippen molar-refractivity contribution in [2.75, 3.05) is 0 Å². The number of hydrogen-bond acceptors (Lipinski definition) is 0. The Bertz CT molecular complexity index is 1630. The van der Waals surface area contributed by atoms with Crippen LogP contribution in [0.1, 0.15) is 311 Å². The number of hydrogen-bond donors (Lipinski definition) is 0. The highest BCUT2D eigenvalue weighted by molar-refractivity contribution is 5.16. The monoisotopic (exact) mass is 939 g/mol. The highest BCUT2D eigenvalue weighted by atomic mass is 14.7. The van der Waals surface area contributed by atoms with Crippen molar-refractivity contribution < 1.29 is 0 Å². The van der Waals surface area contributed by atoms with E-state index in [4.69, 9.17) is 0 Å². The second-order valence-corrected chi connectivity index (χ2v) is 34.1. The van der Waals surface area contributed by atoms with Gasteiger partial charge in [-0.2, -0.15) is 0 Å². The quantitative estimate of drug-likeness (QED) is 0.239. The molecule has 0 atom stereocenters. The topological polar surface area (TPSA) is 0 Å². The van der Waals surface area contributed by atoms with Gasteiger partial charge in [-0.05, 0) is 299 Å².